The van der Waals surface area contributed by atoms with Crippen LogP contribution in [-0.2, 0) is 0 Å². The Labute approximate surface area is 240 Å². The molecule has 0 aliphatic carbocycles. The minimum atomic E-state index is 0.939. The first kappa shape index (κ1) is 26.4. The van der Waals surface area contributed by atoms with Crippen LogP contribution in [0.25, 0.3) is 39.1 Å². The van der Waals surface area contributed by atoms with E-state index in [0.29, 0.717) is 0 Å². The molecule has 0 aliphatic rings. The van der Waals surface area contributed by atoms with Crippen molar-refractivity contribution < 1.29 is 0 Å². The van der Waals surface area contributed by atoms with Crippen LogP contribution < -0.4 is 5.46 Å². The predicted molar refractivity (Wildman–Crippen MR) is 175 cm³/mol. The van der Waals surface area contributed by atoms with Gasteiger partial charge in [-0.2, -0.15) is 0 Å². The second-order valence-electron chi connectivity index (χ2n) is 9.69. The summed E-state index contributed by atoms with van der Waals surface area (Å²) in [6.45, 7) is 6.53. The number of nitrogens with zero attached hydrogens (tertiary/aromatic N) is 1. The highest BCUT2D eigenvalue weighted by atomic mass is 79.9. The van der Waals surface area contributed by atoms with Gasteiger partial charge in [-0.3, -0.25) is 0 Å². The molecule has 3 heteroatoms. The SMILES string of the molecule is Bc1cccc(C(=C)/C=C(\C=C(/C)c2cc(-c3ccccc3)cc(-c3cccc(Br)c3)n2)c2ccccc2)c1. The maximum absolute atomic E-state index is 5.13. The van der Waals surface area contributed by atoms with Crippen LogP contribution in [0.1, 0.15) is 23.7 Å². The van der Waals surface area contributed by atoms with Gasteiger partial charge in [0.2, 0.25) is 0 Å². The molecular weight excluding hydrogens is 537 g/mol. The molecule has 0 fully saturated rings. The third kappa shape index (κ3) is 6.63. The van der Waals surface area contributed by atoms with Crippen molar-refractivity contribution in [1.29, 1.82) is 0 Å². The van der Waals surface area contributed by atoms with Crippen molar-refractivity contribution in [3.8, 4) is 22.4 Å². The van der Waals surface area contributed by atoms with E-state index in [0.717, 1.165) is 60.4 Å². The minimum absolute atomic E-state index is 0.939. The normalized spacial score (nSPS) is 11.8. The lowest BCUT2D eigenvalue weighted by molar-refractivity contribution is 1.27. The average Bonchev–Trinajstić information content (AvgIpc) is 2.97. The maximum Gasteiger partial charge on any atom is 0.139 e. The Kier molecular flexibility index (Phi) is 8.20. The highest BCUT2D eigenvalue weighted by Crippen LogP contribution is 2.31. The molecule has 0 saturated heterocycles. The van der Waals surface area contributed by atoms with Crippen LogP contribution in [0, 0.1) is 0 Å². The maximum atomic E-state index is 5.13. The van der Waals surface area contributed by atoms with Gasteiger partial charge in [0.15, 0.2) is 0 Å². The fraction of sp³-hybridized carbons (Fsp3) is 0.0278. The molecule has 0 radical (unpaired) electrons. The Balaban J connectivity index is 1.63. The van der Waals surface area contributed by atoms with Gasteiger partial charge in [0.25, 0.3) is 0 Å². The highest BCUT2D eigenvalue weighted by molar-refractivity contribution is 9.10. The molecule has 39 heavy (non-hydrogen) atoms. The van der Waals surface area contributed by atoms with Crippen LogP contribution in [0.15, 0.2) is 145 Å². The van der Waals surface area contributed by atoms with Crippen molar-refractivity contribution in [2.75, 3.05) is 0 Å². The van der Waals surface area contributed by atoms with Gasteiger partial charge >= 0.3 is 0 Å². The van der Waals surface area contributed by atoms with Crippen molar-refractivity contribution in [3.05, 3.63) is 161 Å². The van der Waals surface area contributed by atoms with Gasteiger partial charge in [0.05, 0.1) is 11.4 Å². The smallest absolute Gasteiger partial charge is 0.139 e. The summed E-state index contributed by atoms with van der Waals surface area (Å²) in [5.41, 5.74) is 11.9. The van der Waals surface area contributed by atoms with Gasteiger partial charge in [0, 0.05) is 10.0 Å². The Morgan fingerprint density at radius 1 is 0.692 bits per heavy atom. The lowest BCUT2D eigenvalue weighted by Gasteiger charge is -2.12. The number of hydrogen-bond donors (Lipinski definition) is 0. The van der Waals surface area contributed by atoms with Crippen molar-refractivity contribution in [2.45, 2.75) is 6.92 Å². The third-order valence-electron chi connectivity index (χ3n) is 6.65. The van der Waals surface area contributed by atoms with Crippen molar-refractivity contribution in [2.24, 2.45) is 0 Å². The minimum Gasteiger partial charge on any atom is -0.248 e. The van der Waals surface area contributed by atoms with Gasteiger partial charge in [-0.1, -0.05) is 125 Å². The first-order chi connectivity index (χ1) is 19.0. The van der Waals surface area contributed by atoms with E-state index < -0.39 is 0 Å². The summed E-state index contributed by atoms with van der Waals surface area (Å²) in [5, 5.41) is 0. The molecule has 0 spiro atoms. The summed E-state index contributed by atoms with van der Waals surface area (Å²) in [6.07, 6.45) is 4.39. The lowest BCUT2D eigenvalue weighted by atomic mass is 9.91. The van der Waals surface area contributed by atoms with Crippen LogP contribution in [-0.4, -0.2) is 12.8 Å². The summed E-state index contributed by atoms with van der Waals surface area (Å²) < 4.78 is 1.03. The van der Waals surface area contributed by atoms with Crippen LogP contribution in [0.2, 0.25) is 0 Å². The number of halogens is 1. The summed E-state index contributed by atoms with van der Waals surface area (Å²) in [6, 6.07) is 42.1. The first-order valence-corrected chi connectivity index (χ1v) is 13.8. The van der Waals surface area contributed by atoms with E-state index in [9.17, 15) is 0 Å². The van der Waals surface area contributed by atoms with E-state index in [2.05, 4.69) is 146 Å². The zero-order valence-corrected chi connectivity index (χ0v) is 23.8. The van der Waals surface area contributed by atoms with Crippen LogP contribution in [0.4, 0.5) is 0 Å². The van der Waals surface area contributed by atoms with Gasteiger partial charge in [0.1, 0.15) is 7.85 Å². The molecule has 0 aliphatic heterocycles. The summed E-state index contributed by atoms with van der Waals surface area (Å²) in [5.74, 6) is 0. The fourth-order valence-corrected chi connectivity index (χ4v) is 4.99. The van der Waals surface area contributed by atoms with E-state index in [4.69, 9.17) is 4.98 Å². The molecule has 5 rings (SSSR count). The van der Waals surface area contributed by atoms with Crippen molar-refractivity contribution in [1.82, 2.24) is 4.98 Å². The molecule has 0 amide bonds. The number of aromatic nitrogens is 1. The Hall–Kier alpha value is -4.21. The lowest BCUT2D eigenvalue weighted by Crippen LogP contribution is -2.01. The van der Waals surface area contributed by atoms with Gasteiger partial charge in [-0.05, 0) is 82.3 Å². The largest absolute Gasteiger partial charge is 0.248 e. The van der Waals surface area contributed by atoms with E-state index in [1.54, 1.807) is 0 Å². The molecule has 0 unspecified atom stereocenters. The van der Waals surface area contributed by atoms with Gasteiger partial charge < -0.3 is 0 Å². The van der Waals surface area contributed by atoms with Crippen molar-refractivity contribution in [3.63, 3.8) is 0 Å². The van der Waals surface area contributed by atoms with E-state index in [1.807, 2.05) is 24.3 Å². The third-order valence-corrected chi connectivity index (χ3v) is 7.15. The molecule has 5 aromatic rings. The molecule has 0 N–H and O–H groups in total. The summed E-state index contributed by atoms with van der Waals surface area (Å²) >= 11 is 3.62. The molecule has 1 nitrogen and oxygen atoms in total. The number of allylic oxidation sites excluding steroid dienone is 5. The number of hydrogen-bond acceptors (Lipinski definition) is 1. The quantitative estimate of drug-likeness (QED) is 0.142. The standard InChI is InChI=1S/C36H29BBrN/c1-25(29-15-9-17-33(37)21-29)19-31(27-11-5-3-6-12-27)20-26(2)35-23-32(28-13-7-4-8-14-28)24-36(39-35)30-16-10-18-34(38)22-30/h3-24H,1,37H2,2H3/b26-20+,31-19+. The average molecular weight is 566 g/mol. The van der Waals surface area contributed by atoms with E-state index in [-0.39, 0.29) is 0 Å². The molecule has 4 aromatic carbocycles. The molecule has 0 atom stereocenters. The second kappa shape index (κ2) is 12.1. The van der Waals surface area contributed by atoms with Crippen LogP contribution >= 0.6 is 15.9 Å². The van der Waals surface area contributed by atoms with E-state index >= 15 is 0 Å². The number of rotatable bonds is 7. The zero-order chi connectivity index (χ0) is 27.2. The molecule has 1 heterocycles. The molecule has 0 saturated carbocycles. The van der Waals surface area contributed by atoms with Gasteiger partial charge in [-0.25, -0.2) is 4.98 Å². The zero-order valence-electron chi connectivity index (χ0n) is 22.2. The van der Waals surface area contributed by atoms with Gasteiger partial charge in [-0.15, -0.1) is 0 Å². The first-order valence-electron chi connectivity index (χ1n) is 13.0. The Morgan fingerprint density at radius 3 is 2.08 bits per heavy atom. The van der Waals surface area contributed by atoms with Crippen LogP contribution in [0.3, 0.4) is 0 Å². The highest BCUT2D eigenvalue weighted by Gasteiger charge is 2.10. The van der Waals surface area contributed by atoms with E-state index in [1.165, 1.54) is 5.46 Å². The molecular formula is C36H29BBrN. The number of benzene rings is 4. The Bertz CT molecular complexity index is 1680. The summed E-state index contributed by atoms with van der Waals surface area (Å²) in [4.78, 5) is 5.13. The molecule has 0 bridgehead atoms. The Morgan fingerprint density at radius 2 is 1.36 bits per heavy atom. The predicted octanol–water partition coefficient (Wildman–Crippen LogP) is 8.64. The second-order valence-corrected chi connectivity index (χ2v) is 10.6. The van der Waals surface area contributed by atoms with Crippen molar-refractivity contribution >= 4 is 46.0 Å². The molecule has 1 aromatic heterocycles. The summed E-state index contributed by atoms with van der Waals surface area (Å²) in [7, 11) is 2.11. The fourth-order valence-electron chi connectivity index (χ4n) is 4.59. The topological polar surface area (TPSA) is 12.9 Å². The molecule has 188 valence electrons. The number of pyridine rings is 1. The van der Waals surface area contributed by atoms with Crippen LogP contribution in [0.5, 0.6) is 0 Å². The monoisotopic (exact) mass is 565 g/mol.